The van der Waals surface area contributed by atoms with E-state index in [2.05, 4.69) is 6.58 Å². The molecule has 110 valence electrons. The number of aryl methyl sites for hydroxylation is 1. The second-order valence-corrected chi connectivity index (χ2v) is 5.03. The van der Waals surface area contributed by atoms with Crippen molar-refractivity contribution in [1.29, 1.82) is 0 Å². The van der Waals surface area contributed by atoms with Gasteiger partial charge in [0.2, 0.25) is 5.82 Å². The third-order valence-corrected chi connectivity index (χ3v) is 3.63. The summed E-state index contributed by atoms with van der Waals surface area (Å²) in [6.45, 7) is 5.49. The fourth-order valence-corrected chi connectivity index (χ4v) is 2.49. The Morgan fingerprint density at radius 3 is 2.57 bits per heavy atom. The van der Waals surface area contributed by atoms with Crippen molar-refractivity contribution in [2.75, 3.05) is 6.61 Å². The van der Waals surface area contributed by atoms with Gasteiger partial charge in [0.25, 0.3) is 0 Å². The summed E-state index contributed by atoms with van der Waals surface area (Å²) in [6, 6.07) is 10.0. The fourth-order valence-electron chi connectivity index (χ4n) is 2.07. The zero-order chi connectivity index (χ0) is 15.4. The summed E-state index contributed by atoms with van der Waals surface area (Å²) in [5.41, 5.74) is 2.19. The molecular weight excluding hydrogens is 294 g/mol. The van der Waals surface area contributed by atoms with Gasteiger partial charge in [0.05, 0.1) is 5.38 Å². The Kier molecular flexibility index (Phi) is 4.97. The van der Waals surface area contributed by atoms with E-state index >= 15 is 0 Å². The maximum atomic E-state index is 14.0. The molecule has 2 aromatic carbocycles. The molecule has 0 amide bonds. The van der Waals surface area contributed by atoms with Crippen molar-refractivity contribution in [3.8, 4) is 5.75 Å². The molecule has 2 rings (SSSR count). The number of hydrogen-bond donors (Lipinski definition) is 0. The molecule has 0 aliphatic heterocycles. The van der Waals surface area contributed by atoms with Crippen LogP contribution in [-0.2, 0) is 0 Å². The zero-order valence-electron chi connectivity index (χ0n) is 11.6. The molecule has 0 aliphatic carbocycles. The summed E-state index contributed by atoms with van der Waals surface area (Å²) in [5.74, 6) is -2.17. The lowest BCUT2D eigenvalue weighted by molar-refractivity contribution is 0.329. The Hall–Kier alpha value is -1.87. The number of alkyl halides is 1. The van der Waals surface area contributed by atoms with Crippen molar-refractivity contribution in [2.24, 2.45) is 0 Å². The van der Waals surface area contributed by atoms with Gasteiger partial charge < -0.3 is 4.74 Å². The maximum absolute atomic E-state index is 14.0. The largest absolute Gasteiger partial charge is 0.486 e. The van der Waals surface area contributed by atoms with Gasteiger partial charge in [0, 0.05) is 5.56 Å². The third-order valence-electron chi connectivity index (χ3n) is 3.16. The van der Waals surface area contributed by atoms with Crippen LogP contribution < -0.4 is 4.74 Å². The lowest BCUT2D eigenvalue weighted by Crippen LogP contribution is -2.05. The van der Waals surface area contributed by atoms with Gasteiger partial charge in [0.1, 0.15) is 6.61 Å². The van der Waals surface area contributed by atoms with E-state index in [1.165, 1.54) is 12.1 Å². The molecule has 0 N–H and O–H groups in total. The van der Waals surface area contributed by atoms with Crippen molar-refractivity contribution in [1.82, 2.24) is 0 Å². The van der Waals surface area contributed by atoms with E-state index in [1.54, 1.807) is 0 Å². The third kappa shape index (κ3) is 3.24. The molecule has 2 aromatic rings. The van der Waals surface area contributed by atoms with Crippen LogP contribution in [0.3, 0.4) is 0 Å². The minimum Gasteiger partial charge on any atom is -0.486 e. The van der Waals surface area contributed by atoms with Crippen LogP contribution in [0.2, 0.25) is 0 Å². The van der Waals surface area contributed by atoms with Gasteiger partial charge in [-0.25, -0.2) is 4.39 Å². The highest BCUT2D eigenvalue weighted by atomic mass is 35.5. The van der Waals surface area contributed by atoms with E-state index in [0.717, 1.165) is 17.2 Å². The number of hydrogen-bond acceptors (Lipinski definition) is 1. The van der Waals surface area contributed by atoms with E-state index in [1.807, 2.05) is 31.2 Å². The molecule has 0 saturated carbocycles. The minimum atomic E-state index is -1.03. The van der Waals surface area contributed by atoms with Crippen LogP contribution >= 0.6 is 11.6 Å². The van der Waals surface area contributed by atoms with Crippen LogP contribution in [0.25, 0.3) is 0 Å². The Morgan fingerprint density at radius 1 is 1.19 bits per heavy atom. The molecular formula is C17H15ClF2O. The van der Waals surface area contributed by atoms with Crippen molar-refractivity contribution in [3.05, 3.63) is 77.4 Å². The van der Waals surface area contributed by atoms with Gasteiger partial charge in [-0.3, -0.25) is 0 Å². The van der Waals surface area contributed by atoms with Crippen LogP contribution in [0.5, 0.6) is 5.75 Å². The van der Waals surface area contributed by atoms with Crippen LogP contribution in [0.15, 0.2) is 49.1 Å². The first kappa shape index (κ1) is 15.5. The summed E-state index contributed by atoms with van der Waals surface area (Å²) in [7, 11) is 0. The predicted octanol–water partition coefficient (Wildman–Crippen LogP) is 5.17. The summed E-state index contributed by atoms with van der Waals surface area (Å²) in [4.78, 5) is 0. The average Bonchev–Trinajstić information content (AvgIpc) is 2.48. The number of ether oxygens (including phenoxy) is 1. The lowest BCUT2D eigenvalue weighted by Gasteiger charge is -2.17. The molecule has 1 atom stereocenters. The Labute approximate surface area is 127 Å². The number of rotatable bonds is 5. The van der Waals surface area contributed by atoms with E-state index in [-0.39, 0.29) is 12.4 Å². The van der Waals surface area contributed by atoms with Crippen molar-refractivity contribution >= 4 is 11.6 Å². The molecule has 0 radical (unpaired) electrons. The molecule has 0 saturated heterocycles. The minimum absolute atomic E-state index is 0.0742. The Morgan fingerprint density at radius 2 is 1.90 bits per heavy atom. The van der Waals surface area contributed by atoms with Gasteiger partial charge in [-0.05, 0) is 24.1 Å². The molecule has 0 aromatic heterocycles. The first-order valence-electron chi connectivity index (χ1n) is 6.47. The highest BCUT2D eigenvalue weighted by Gasteiger charge is 2.22. The molecule has 0 aliphatic rings. The van der Waals surface area contributed by atoms with E-state index in [4.69, 9.17) is 16.3 Å². The van der Waals surface area contributed by atoms with E-state index < -0.39 is 17.0 Å². The Bertz CT molecular complexity index is 655. The number of halogens is 3. The maximum Gasteiger partial charge on any atom is 0.200 e. The van der Waals surface area contributed by atoms with Crippen LogP contribution in [-0.4, -0.2) is 6.61 Å². The second-order valence-electron chi connectivity index (χ2n) is 4.60. The second kappa shape index (κ2) is 6.72. The molecule has 0 bridgehead atoms. The molecule has 4 heteroatoms. The van der Waals surface area contributed by atoms with Gasteiger partial charge >= 0.3 is 0 Å². The highest BCUT2D eigenvalue weighted by Crippen LogP contribution is 2.38. The van der Waals surface area contributed by atoms with E-state index in [0.29, 0.717) is 5.56 Å². The monoisotopic (exact) mass is 308 g/mol. The van der Waals surface area contributed by atoms with Gasteiger partial charge in [-0.2, -0.15) is 4.39 Å². The van der Waals surface area contributed by atoms with Crippen LogP contribution in [0, 0.1) is 18.6 Å². The summed E-state index contributed by atoms with van der Waals surface area (Å²) in [5, 5.41) is -0.624. The summed E-state index contributed by atoms with van der Waals surface area (Å²) >= 11 is 6.45. The van der Waals surface area contributed by atoms with Gasteiger partial charge in [0.15, 0.2) is 11.6 Å². The van der Waals surface area contributed by atoms with Crippen LogP contribution in [0.1, 0.15) is 22.1 Å². The Balaban J connectivity index is 2.50. The van der Waals surface area contributed by atoms with Crippen molar-refractivity contribution in [2.45, 2.75) is 12.3 Å². The van der Waals surface area contributed by atoms with Crippen molar-refractivity contribution in [3.63, 3.8) is 0 Å². The smallest absolute Gasteiger partial charge is 0.200 e. The van der Waals surface area contributed by atoms with E-state index in [9.17, 15) is 8.78 Å². The molecule has 1 nitrogen and oxygen atoms in total. The topological polar surface area (TPSA) is 9.23 Å². The predicted molar refractivity (Wildman–Crippen MR) is 80.9 cm³/mol. The fraction of sp³-hybridized carbons (Fsp3) is 0.176. The normalized spacial score (nSPS) is 12.0. The SMILES string of the molecule is C=CCOc1c(C(Cl)c2ccccc2C)ccc(F)c1F. The molecule has 1 unspecified atom stereocenters. The zero-order valence-corrected chi connectivity index (χ0v) is 12.3. The van der Waals surface area contributed by atoms with Crippen LogP contribution in [0.4, 0.5) is 8.78 Å². The highest BCUT2D eigenvalue weighted by molar-refractivity contribution is 6.23. The first-order chi connectivity index (χ1) is 10.1. The molecule has 21 heavy (non-hydrogen) atoms. The van der Waals surface area contributed by atoms with Crippen molar-refractivity contribution < 1.29 is 13.5 Å². The first-order valence-corrected chi connectivity index (χ1v) is 6.91. The molecule has 0 fully saturated rings. The van der Waals surface area contributed by atoms with Gasteiger partial charge in [-0.15, -0.1) is 11.6 Å². The lowest BCUT2D eigenvalue weighted by atomic mass is 9.99. The quantitative estimate of drug-likeness (QED) is 0.547. The summed E-state index contributed by atoms with van der Waals surface area (Å²) in [6.07, 6.45) is 1.46. The van der Waals surface area contributed by atoms with Gasteiger partial charge in [-0.1, -0.05) is 43.0 Å². The molecule has 0 spiro atoms. The summed E-state index contributed by atoms with van der Waals surface area (Å²) < 4.78 is 32.6. The number of benzene rings is 2. The standard InChI is InChI=1S/C17H15ClF2O/c1-3-10-21-17-13(8-9-14(19)16(17)20)15(18)12-7-5-4-6-11(12)2/h3-9,15H,1,10H2,2H3. The molecule has 0 heterocycles. The average molecular weight is 309 g/mol.